The summed E-state index contributed by atoms with van der Waals surface area (Å²) in [5.41, 5.74) is 0.990. The van der Waals surface area contributed by atoms with Crippen molar-refractivity contribution in [1.82, 2.24) is 10.6 Å². The average molecular weight is 306 g/mol. The number of benzene rings is 1. The van der Waals surface area contributed by atoms with Crippen molar-refractivity contribution in [2.75, 3.05) is 6.54 Å². The van der Waals surface area contributed by atoms with E-state index in [1.807, 2.05) is 37.3 Å². The summed E-state index contributed by atoms with van der Waals surface area (Å²) in [6, 6.07) is 10.3. The fraction of sp³-hybridized carbons (Fsp3) is 0.588. The molecule has 22 heavy (non-hydrogen) atoms. The van der Waals surface area contributed by atoms with Crippen molar-refractivity contribution in [3.05, 3.63) is 35.9 Å². The molecule has 2 rings (SSSR count). The number of hydrogen-bond donors (Lipinski definition) is 3. The highest BCUT2D eigenvalue weighted by Crippen LogP contribution is 2.20. The van der Waals surface area contributed by atoms with Gasteiger partial charge >= 0.3 is 6.09 Å². The minimum Gasteiger partial charge on any atom is -0.445 e. The number of aliphatic hydroxyl groups is 1. The molecule has 3 N–H and O–H groups in total. The van der Waals surface area contributed by atoms with Crippen molar-refractivity contribution < 1.29 is 14.6 Å². The van der Waals surface area contributed by atoms with Gasteiger partial charge in [0.2, 0.25) is 0 Å². The van der Waals surface area contributed by atoms with Crippen LogP contribution in [-0.4, -0.2) is 35.9 Å². The lowest BCUT2D eigenvalue weighted by Gasteiger charge is -2.36. The SMILES string of the molecule is CC(O)CCCNC1CC(NC(=O)OCc2ccccc2)C1. The summed E-state index contributed by atoms with van der Waals surface area (Å²) in [5, 5.41) is 15.5. The van der Waals surface area contributed by atoms with Gasteiger partial charge in [0.25, 0.3) is 0 Å². The molecule has 0 heterocycles. The second-order valence-electron chi connectivity index (χ2n) is 6.02. The number of alkyl carbamates (subject to hydrolysis) is 1. The van der Waals surface area contributed by atoms with Crippen molar-refractivity contribution in [2.45, 2.75) is 57.4 Å². The molecule has 1 aromatic rings. The van der Waals surface area contributed by atoms with Gasteiger partial charge in [0, 0.05) is 12.1 Å². The lowest BCUT2D eigenvalue weighted by Crippen LogP contribution is -2.52. The highest BCUT2D eigenvalue weighted by Gasteiger charge is 2.30. The summed E-state index contributed by atoms with van der Waals surface area (Å²) in [7, 11) is 0. The molecule has 1 amide bonds. The first-order chi connectivity index (χ1) is 10.6. The molecule has 0 radical (unpaired) electrons. The van der Waals surface area contributed by atoms with Crippen LogP contribution in [-0.2, 0) is 11.3 Å². The highest BCUT2D eigenvalue weighted by atomic mass is 16.5. The number of carbonyl (C=O) groups excluding carboxylic acids is 1. The molecule has 1 fully saturated rings. The Kier molecular flexibility index (Phi) is 6.68. The van der Waals surface area contributed by atoms with E-state index in [-0.39, 0.29) is 18.2 Å². The summed E-state index contributed by atoms with van der Waals surface area (Å²) in [6.07, 6.45) is 3.11. The maximum Gasteiger partial charge on any atom is 0.407 e. The van der Waals surface area contributed by atoms with Crippen LogP contribution in [0.15, 0.2) is 30.3 Å². The number of carbonyl (C=O) groups is 1. The number of aliphatic hydroxyl groups excluding tert-OH is 1. The van der Waals surface area contributed by atoms with E-state index in [4.69, 9.17) is 4.74 Å². The predicted molar refractivity (Wildman–Crippen MR) is 85.5 cm³/mol. The van der Waals surface area contributed by atoms with Crippen LogP contribution in [0.5, 0.6) is 0 Å². The quantitative estimate of drug-likeness (QED) is 0.644. The fourth-order valence-corrected chi connectivity index (χ4v) is 2.54. The van der Waals surface area contributed by atoms with E-state index >= 15 is 0 Å². The number of nitrogens with one attached hydrogen (secondary N) is 2. The van der Waals surface area contributed by atoms with Crippen molar-refractivity contribution in [1.29, 1.82) is 0 Å². The van der Waals surface area contributed by atoms with Gasteiger partial charge in [-0.15, -0.1) is 0 Å². The molecule has 0 spiro atoms. The normalized spacial score (nSPS) is 21.7. The van der Waals surface area contributed by atoms with Gasteiger partial charge in [-0.25, -0.2) is 4.79 Å². The Morgan fingerprint density at radius 3 is 2.73 bits per heavy atom. The molecule has 1 atom stereocenters. The Bertz CT molecular complexity index is 444. The van der Waals surface area contributed by atoms with Crippen LogP contribution in [0.2, 0.25) is 0 Å². The predicted octanol–water partition coefficient (Wildman–Crippen LogP) is 2.19. The summed E-state index contributed by atoms with van der Waals surface area (Å²) < 4.78 is 5.20. The molecule has 1 aromatic carbocycles. The van der Waals surface area contributed by atoms with E-state index in [1.165, 1.54) is 0 Å². The molecule has 122 valence electrons. The second kappa shape index (κ2) is 8.76. The van der Waals surface area contributed by atoms with E-state index in [2.05, 4.69) is 10.6 Å². The van der Waals surface area contributed by atoms with Crippen LogP contribution >= 0.6 is 0 Å². The van der Waals surface area contributed by atoms with E-state index in [1.54, 1.807) is 0 Å². The molecule has 1 unspecified atom stereocenters. The number of ether oxygens (including phenoxy) is 1. The maximum atomic E-state index is 11.7. The zero-order valence-corrected chi connectivity index (χ0v) is 13.1. The summed E-state index contributed by atoms with van der Waals surface area (Å²) in [5.74, 6) is 0. The number of rotatable bonds is 8. The molecular formula is C17H26N2O3. The third kappa shape index (κ3) is 6.03. The molecule has 1 aliphatic carbocycles. The summed E-state index contributed by atoms with van der Waals surface area (Å²) in [6.45, 7) is 3.03. The van der Waals surface area contributed by atoms with E-state index < -0.39 is 0 Å². The molecular weight excluding hydrogens is 280 g/mol. The first kappa shape index (κ1) is 16.8. The van der Waals surface area contributed by atoms with Crippen LogP contribution in [0.4, 0.5) is 4.79 Å². The monoisotopic (exact) mass is 306 g/mol. The van der Waals surface area contributed by atoms with Gasteiger partial charge in [0.15, 0.2) is 0 Å². The molecule has 0 saturated heterocycles. The van der Waals surface area contributed by atoms with Crippen molar-refractivity contribution in [2.24, 2.45) is 0 Å². The zero-order valence-electron chi connectivity index (χ0n) is 13.1. The smallest absolute Gasteiger partial charge is 0.407 e. The standard InChI is InChI=1S/C17H26N2O3/c1-13(20)6-5-9-18-15-10-16(11-15)19-17(21)22-12-14-7-3-2-4-8-14/h2-4,7-8,13,15-16,18,20H,5-6,9-12H2,1H3,(H,19,21). The van der Waals surface area contributed by atoms with Gasteiger partial charge in [0.05, 0.1) is 6.10 Å². The fourth-order valence-electron chi connectivity index (χ4n) is 2.54. The van der Waals surface area contributed by atoms with Crippen molar-refractivity contribution in [3.63, 3.8) is 0 Å². The number of hydrogen-bond acceptors (Lipinski definition) is 4. The number of amides is 1. The van der Waals surface area contributed by atoms with E-state index in [0.29, 0.717) is 12.6 Å². The largest absolute Gasteiger partial charge is 0.445 e. The van der Waals surface area contributed by atoms with Crippen molar-refractivity contribution in [3.8, 4) is 0 Å². The minimum absolute atomic E-state index is 0.206. The first-order valence-corrected chi connectivity index (χ1v) is 8.02. The van der Waals surface area contributed by atoms with Gasteiger partial charge in [-0.2, -0.15) is 0 Å². The Morgan fingerprint density at radius 2 is 2.05 bits per heavy atom. The summed E-state index contributed by atoms with van der Waals surface area (Å²) in [4.78, 5) is 11.7. The molecule has 5 heteroatoms. The second-order valence-corrected chi connectivity index (χ2v) is 6.02. The van der Waals surface area contributed by atoms with E-state index in [9.17, 15) is 9.90 Å². The lowest BCUT2D eigenvalue weighted by molar-refractivity contribution is 0.125. The molecule has 1 aliphatic rings. The molecule has 5 nitrogen and oxygen atoms in total. The lowest BCUT2D eigenvalue weighted by atomic mass is 9.87. The molecule has 0 aromatic heterocycles. The van der Waals surface area contributed by atoms with Gasteiger partial charge in [-0.05, 0) is 44.7 Å². The highest BCUT2D eigenvalue weighted by molar-refractivity contribution is 5.67. The van der Waals surface area contributed by atoms with Crippen LogP contribution < -0.4 is 10.6 Å². The molecule has 0 bridgehead atoms. The Balaban J connectivity index is 1.51. The van der Waals surface area contributed by atoms with Crippen molar-refractivity contribution >= 4 is 6.09 Å². The third-order valence-corrected chi connectivity index (χ3v) is 3.90. The summed E-state index contributed by atoms with van der Waals surface area (Å²) >= 11 is 0. The van der Waals surface area contributed by atoms with Gasteiger partial charge in [-0.3, -0.25) is 0 Å². The topological polar surface area (TPSA) is 70.6 Å². The zero-order chi connectivity index (χ0) is 15.8. The van der Waals surface area contributed by atoms with Gasteiger partial charge in [0.1, 0.15) is 6.61 Å². The Hall–Kier alpha value is -1.59. The van der Waals surface area contributed by atoms with Crippen LogP contribution in [0.3, 0.4) is 0 Å². The van der Waals surface area contributed by atoms with Gasteiger partial charge in [-0.1, -0.05) is 30.3 Å². The Morgan fingerprint density at radius 1 is 1.32 bits per heavy atom. The first-order valence-electron chi connectivity index (χ1n) is 8.02. The average Bonchev–Trinajstić information content (AvgIpc) is 2.47. The molecule has 1 saturated carbocycles. The van der Waals surface area contributed by atoms with Gasteiger partial charge < -0.3 is 20.5 Å². The minimum atomic E-state index is -0.346. The van der Waals surface area contributed by atoms with Crippen LogP contribution in [0.1, 0.15) is 38.2 Å². The van der Waals surface area contributed by atoms with E-state index in [0.717, 1.165) is 37.8 Å². The maximum absolute atomic E-state index is 11.7. The third-order valence-electron chi connectivity index (χ3n) is 3.90. The van der Waals surface area contributed by atoms with Crippen LogP contribution in [0.25, 0.3) is 0 Å². The Labute approximate surface area is 132 Å². The van der Waals surface area contributed by atoms with Crippen LogP contribution in [0, 0.1) is 0 Å². The molecule has 0 aliphatic heterocycles.